The van der Waals surface area contributed by atoms with Gasteiger partial charge in [0.05, 0.1) is 0 Å². The first-order chi connectivity index (χ1) is 15.7. The summed E-state index contributed by atoms with van der Waals surface area (Å²) in [6.07, 6.45) is 3.56. The number of nitrogens with zero attached hydrogens (tertiary/aromatic N) is 3. The van der Waals surface area contributed by atoms with E-state index in [0.29, 0.717) is 19.0 Å². The van der Waals surface area contributed by atoms with E-state index in [2.05, 4.69) is 11.1 Å². The summed E-state index contributed by atoms with van der Waals surface area (Å²) in [5, 5.41) is 0. The highest BCUT2D eigenvalue weighted by Crippen LogP contribution is 2.33. The van der Waals surface area contributed by atoms with E-state index < -0.39 is 0 Å². The molecule has 6 heteroatoms. The number of hydrogen-bond donors (Lipinski definition) is 2. The Morgan fingerprint density at radius 3 is 2.47 bits per heavy atom. The van der Waals surface area contributed by atoms with Gasteiger partial charge in [0.15, 0.2) is 0 Å². The van der Waals surface area contributed by atoms with Crippen molar-refractivity contribution < 1.29 is 4.74 Å². The number of fused-ring (bicyclic) bond motifs is 1. The second kappa shape index (κ2) is 8.53. The first-order valence-electron chi connectivity index (χ1n) is 10.4. The van der Waals surface area contributed by atoms with E-state index in [4.69, 9.17) is 21.2 Å². The molecular formula is C26H23N5O. The van der Waals surface area contributed by atoms with Crippen LogP contribution in [0.5, 0.6) is 5.75 Å². The van der Waals surface area contributed by atoms with Gasteiger partial charge in [0.1, 0.15) is 35.2 Å². The molecule has 0 spiro atoms. The van der Waals surface area contributed by atoms with Gasteiger partial charge in [0.2, 0.25) is 0 Å². The Hall–Kier alpha value is -4.16. The first kappa shape index (κ1) is 19.8. The highest BCUT2D eigenvalue weighted by atomic mass is 16.5. The molecule has 0 unspecified atom stereocenters. The molecule has 158 valence electrons. The van der Waals surface area contributed by atoms with E-state index in [1.807, 2.05) is 83.4 Å². The van der Waals surface area contributed by atoms with Crippen molar-refractivity contribution in [2.75, 3.05) is 5.73 Å². The third kappa shape index (κ3) is 3.79. The van der Waals surface area contributed by atoms with Crippen LogP contribution in [0.2, 0.25) is 0 Å². The molecule has 6 nitrogen and oxygen atoms in total. The molecule has 0 amide bonds. The average Bonchev–Trinajstić information content (AvgIpc) is 3.25. The molecule has 0 aliphatic heterocycles. The molecule has 5 aromatic rings. The zero-order chi connectivity index (χ0) is 21.9. The Bertz CT molecular complexity index is 1380. The SMILES string of the molecule is NCc1cccc(-c2nc(-c3cccc(OCc4ccccc4)c3)c3c(N)nccn23)c1. The van der Waals surface area contributed by atoms with Gasteiger partial charge >= 0.3 is 0 Å². The van der Waals surface area contributed by atoms with Crippen LogP contribution in [0.25, 0.3) is 28.2 Å². The maximum atomic E-state index is 6.29. The van der Waals surface area contributed by atoms with Gasteiger partial charge in [-0.2, -0.15) is 0 Å². The van der Waals surface area contributed by atoms with E-state index >= 15 is 0 Å². The molecular weight excluding hydrogens is 398 g/mol. The lowest BCUT2D eigenvalue weighted by atomic mass is 10.1. The molecule has 3 aromatic carbocycles. The fourth-order valence-electron chi connectivity index (χ4n) is 3.78. The quantitative estimate of drug-likeness (QED) is 0.415. The van der Waals surface area contributed by atoms with Crippen molar-refractivity contribution in [1.29, 1.82) is 0 Å². The number of hydrogen-bond acceptors (Lipinski definition) is 5. The molecule has 4 N–H and O–H groups in total. The number of nitrogen functional groups attached to an aromatic ring is 1. The minimum Gasteiger partial charge on any atom is -0.489 e. The number of imidazole rings is 1. The smallest absolute Gasteiger partial charge is 0.150 e. The molecule has 0 bridgehead atoms. The Balaban J connectivity index is 1.57. The van der Waals surface area contributed by atoms with Crippen molar-refractivity contribution in [3.05, 3.63) is 102 Å². The third-order valence-electron chi connectivity index (χ3n) is 5.36. The van der Waals surface area contributed by atoms with Crippen molar-refractivity contribution in [3.63, 3.8) is 0 Å². The molecule has 5 rings (SSSR count). The summed E-state index contributed by atoms with van der Waals surface area (Å²) in [5.74, 6) is 1.98. The maximum Gasteiger partial charge on any atom is 0.150 e. The lowest BCUT2D eigenvalue weighted by molar-refractivity contribution is 0.306. The van der Waals surface area contributed by atoms with Gasteiger partial charge in [-0.15, -0.1) is 0 Å². The number of ether oxygens (including phenoxy) is 1. The lowest BCUT2D eigenvalue weighted by Crippen LogP contribution is -1.98. The highest BCUT2D eigenvalue weighted by Gasteiger charge is 2.17. The Morgan fingerprint density at radius 2 is 1.62 bits per heavy atom. The second-order valence-corrected chi connectivity index (χ2v) is 7.52. The van der Waals surface area contributed by atoms with Gasteiger partial charge in [-0.05, 0) is 29.3 Å². The minimum atomic E-state index is 0.423. The largest absolute Gasteiger partial charge is 0.489 e. The van der Waals surface area contributed by atoms with Gasteiger partial charge in [-0.1, -0.05) is 60.7 Å². The number of aromatic nitrogens is 3. The Kier molecular flexibility index (Phi) is 5.27. The summed E-state index contributed by atoms with van der Waals surface area (Å²) in [6.45, 7) is 0.962. The molecule has 0 fully saturated rings. The number of nitrogens with two attached hydrogens (primary N) is 2. The van der Waals surface area contributed by atoms with Crippen molar-refractivity contribution in [3.8, 4) is 28.4 Å². The van der Waals surface area contributed by atoms with Crippen LogP contribution in [0.1, 0.15) is 11.1 Å². The third-order valence-corrected chi connectivity index (χ3v) is 5.36. The first-order valence-corrected chi connectivity index (χ1v) is 10.4. The van der Waals surface area contributed by atoms with E-state index in [0.717, 1.165) is 45.0 Å². The van der Waals surface area contributed by atoms with Gasteiger partial charge in [0.25, 0.3) is 0 Å². The number of benzene rings is 3. The predicted molar refractivity (Wildman–Crippen MR) is 127 cm³/mol. The number of anilines is 1. The molecule has 0 aliphatic carbocycles. The van der Waals surface area contributed by atoms with Crippen LogP contribution in [0.4, 0.5) is 5.82 Å². The maximum absolute atomic E-state index is 6.29. The Morgan fingerprint density at radius 1 is 0.844 bits per heavy atom. The molecule has 0 radical (unpaired) electrons. The second-order valence-electron chi connectivity index (χ2n) is 7.52. The van der Waals surface area contributed by atoms with E-state index in [9.17, 15) is 0 Å². The fourth-order valence-corrected chi connectivity index (χ4v) is 3.78. The highest BCUT2D eigenvalue weighted by molar-refractivity contribution is 5.88. The van der Waals surface area contributed by atoms with Crippen LogP contribution in [-0.4, -0.2) is 14.4 Å². The van der Waals surface area contributed by atoms with Crippen molar-refractivity contribution in [2.45, 2.75) is 13.2 Å². The van der Waals surface area contributed by atoms with Crippen LogP contribution >= 0.6 is 0 Å². The topological polar surface area (TPSA) is 91.5 Å². The number of rotatable bonds is 6. The van der Waals surface area contributed by atoms with Crippen LogP contribution in [0.3, 0.4) is 0 Å². The van der Waals surface area contributed by atoms with Gasteiger partial charge in [0, 0.05) is 30.1 Å². The van der Waals surface area contributed by atoms with E-state index in [-0.39, 0.29) is 0 Å². The van der Waals surface area contributed by atoms with Gasteiger partial charge < -0.3 is 16.2 Å². The van der Waals surface area contributed by atoms with E-state index in [1.165, 1.54) is 0 Å². The molecule has 0 aliphatic rings. The van der Waals surface area contributed by atoms with Crippen LogP contribution in [0.15, 0.2) is 91.3 Å². The summed E-state index contributed by atoms with van der Waals surface area (Å²) in [5.41, 5.74) is 17.7. The fraction of sp³-hybridized carbons (Fsp3) is 0.0769. The van der Waals surface area contributed by atoms with Crippen molar-refractivity contribution in [2.24, 2.45) is 5.73 Å². The summed E-state index contributed by atoms with van der Waals surface area (Å²) in [7, 11) is 0. The molecule has 2 aromatic heterocycles. The van der Waals surface area contributed by atoms with E-state index in [1.54, 1.807) is 6.20 Å². The summed E-state index contributed by atoms with van der Waals surface area (Å²) < 4.78 is 8.00. The summed E-state index contributed by atoms with van der Waals surface area (Å²) in [6, 6.07) is 26.0. The zero-order valence-electron chi connectivity index (χ0n) is 17.5. The van der Waals surface area contributed by atoms with Gasteiger partial charge in [-0.3, -0.25) is 4.40 Å². The normalized spacial score (nSPS) is 11.0. The summed E-state index contributed by atoms with van der Waals surface area (Å²) in [4.78, 5) is 9.27. The lowest BCUT2D eigenvalue weighted by Gasteiger charge is -2.08. The van der Waals surface area contributed by atoms with Crippen LogP contribution < -0.4 is 16.2 Å². The zero-order valence-corrected chi connectivity index (χ0v) is 17.5. The van der Waals surface area contributed by atoms with Crippen molar-refractivity contribution >= 4 is 11.3 Å². The molecule has 0 saturated heterocycles. The van der Waals surface area contributed by atoms with Crippen LogP contribution in [0, 0.1) is 0 Å². The van der Waals surface area contributed by atoms with Gasteiger partial charge in [-0.25, -0.2) is 9.97 Å². The average molecular weight is 422 g/mol. The minimum absolute atomic E-state index is 0.423. The van der Waals surface area contributed by atoms with Crippen molar-refractivity contribution in [1.82, 2.24) is 14.4 Å². The molecule has 32 heavy (non-hydrogen) atoms. The molecule has 0 atom stereocenters. The molecule has 2 heterocycles. The summed E-state index contributed by atoms with van der Waals surface area (Å²) >= 11 is 0. The monoisotopic (exact) mass is 421 g/mol. The predicted octanol–water partition coefficient (Wildman–Crippen LogP) is 4.68. The standard InChI is InChI=1S/C26H23N5O/c27-16-19-8-4-10-21(14-19)26-30-23(24-25(28)29-12-13-31(24)26)20-9-5-11-22(15-20)32-17-18-6-2-1-3-7-18/h1-15H,16-17,27H2,(H2,28,29). The van der Waals surface area contributed by atoms with Crippen LogP contribution in [-0.2, 0) is 13.2 Å². The molecule has 0 saturated carbocycles. The Labute approximate surface area is 186 Å².